The summed E-state index contributed by atoms with van der Waals surface area (Å²) in [5, 5.41) is 0. The van der Waals surface area contributed by atoms with Crippen molar-refractivity contribution in [2.45, 2.75) is 57.7 Å². The lowest BCUT2D eigenvalue weighted by molar-refractivity contribution is -0.206. The Balaban J connectivity index is 1.69. The van der Waals surface area contributed by atoms with Crippen molar-refractivity contribution in [3.8, 4) is 0 Å². The summed E-state index contributed by atoms with van der Waals surface area (Å²) in [6.45, 7) is 1.13. The van der Waals surface area contributed by atoms with Crippen molar-refractivity contribution in [2.24, 2.45) is 23.2 Å². The number of esters is 2. The zero-order valence-corrected chi connectivity index (χ0v) is 12.7. The van der Waals surface area contributed by atoms with E-state index in [1.165, 1.54) is 26.4 Å². The van der Waals surface area contributed by atoms with Gasteiger partial charge in [0, 0.05) is 6.92 Å². The van der Waals surface area contributed by atoms with Gasteiger partial charge in [-0.15, -0.1) is 0 Å². The molecule has 0 N–H and O–H groups in total. The molecule has 0 radical (unpaired) electrons. The van der Waals surface area contributed by atoms with Crippen LogP contribution in [0.1, 0.15) is 51.9 Å². The van der Waals surface area contributed by atoms with Crippen LogP contribution in [0.25, 0.3) is 0 Å². The summed E-state index contributed by atoms with van der Waals surface area (Å²) >= 11 is 0. The molecule has 0 heterocycles. The van der Waals surface area contributed by atoms with E-state index in [0.717, 1.165) is 26.2 Å². The maximum absolute atomic E-state index is 14.3. The minimum atomic E-state index is -2.28. The van der Waals surface area contributed by atoms with E-state index in [4.69, 9.17) is 4.74 Å². The van der Waals surface area contributed by atoms with Crippen LogP contribution in [0.2, 0.25) is 0 Å². The monoisotopic (exact) mass is 298 g/mol. The molecular formula is C16H23FO4. The molecule has 21 heavy (non-hydrogen) atoms. The minimum Gasteiger partial charge on any atom is -0.469 e. The number of carbonyl (C=O) groups excluding carboxylic acids is 2. The summed E-state index contributed by atoms with van der Waals surface area (Å²) in [6, 6.07) is 0. The molecule has 0 saturated heterocycles. The summed E-state index contributed by atoms with van der Waals surface area (Å²) in [7, 11) is 1.19. The van der Waals surface area contributed by atoms with Crippen molar-refractivity contribution < 1.29 is 23.5 Å². The van der Waals surface area contributed by atoms with E-state index < -0.39 is 29.6 Å². The minimum absolute atomic E-state index is 0.449. The lowest BCUT2D eigenvalue weighted by Gasteiger charge is -2.55. The highest BCUT2D eigenvalue weighted by Gasteiger charge is 2.56. The van der Waals surface area contributed by atoms with Crippen LogP contribution in [0, 0.1) is 23.2 Å². The Labute approximate surface area is 124 Å². The van der Waals surface area contributed by atoms with E-state index in [-0.39, 0.29) is 0 Å². The smallest absolute Gasteiger partial charge is 0.314 e. The normalized spacial score (nSPS) is 39.7. The molecule has 4 rings (SSSR count). The van der Waals surface area contributed by atoms with E-state index in [0.29, 0.717) is 17.8 Å². The molecule has 4 saturated carbocycles. The molecule has 118 valence electrons. The number of hydrogen-bond acceptors (Lipinski definition) is 4. The first-order valence-corrected chi connectivity index (χ1v) is 7.81. The number of carbonyl (C=O) groups is 2. The highest BCUT2D eigenvalue weighted by atomic mass is 19.2. The highest BCUT2D eigenvalue weighted by Crippen LogP contribution is 2.60. The SMILES string of the molecule is COC(=O)CC(C)(F)OC(=O)C12CC3CC(CC(C3)C1)C2. The third kappa shape index (κ3) is 2.79. The van der Waals surface area contributed by atoms with Crippen molar-refractivity contribution in [3.05, 3.63) is 0 Å². The molecule has 4 nitrogen and oxygen atoms in total. The Morgan fingerprint density at radius 1 is 1.14 bits per heavy atom. The fourth-order valence-electron chi connectivity index (χ4n) is 5.03. The van der Waals surface area contributed by atoms with Gasteiger partial charge in [0.15, 0.2) is 0 Å². The van der Waals surface area contributed by atoms with E-state index in [1.54, 1.807) is 0 Å². The number of alkyl halides is 1. The van der Waals surface area contributed by atoms with Crippen LogP contribution in [-0.4, -0.2) is 24.9 Å². The Morgan fingerprint density at radius 2 is 1.62 bits per heavy atom. The molecule has 4 bridgehead atoms. The van der Waals surface area contributed by atoms with Gasteiger partial charge >= 0.3 is 11.9 Å². The maximum Gasteiger partial charge on any atom is 0.314 e. The largest absolute Gasteiger partial charge is 0.469 e. The zero-order chi connectivity index (χ0) is 15.3. The van der Waals surface area contributed by atoms with E-state index in [9.17, 15) is 14.0 Å². The van der Waals surface area contributed by atoms with Crippen molar-refractivity contribution >= 4 is 11.9 Å². The van der Waals surface area contributed by atoms with Crippen molar-refractivity contribution in [1.29, 1.82) is 0 Å². The van der Waals surface area contributed by atoms with E-state index >= 15 is 0 Å². The van der Waals surface area contributed by atoms with Crippen molar-refractivity contribution in [1.82, 2.24) is 0 Å². The van der Waals surface area contributed by atoms with Gasteiger partial charge in [-0.05, 0) is 56.3 Å². The van der Waals surface area contributed by atoms with Gasteiger partial charge < -0.3 is 9.47 Å². The van der Waals surface area contributed by atoms with Crippen LogP contribution in [-0.2, 0) is 19.1 Å². The topological polar surface area (TPSA) is 52.6 Å². The zero-order valence-electron chi connectivity index (χ0n) is 12.7. The van der Waals surface area contributed by atoms with E-state index in [1.807, 2.05) is 0 Å². The molecule has 4 aliphatic carbocycles. The van der Waals surface area contributed by atoms with Gasteiger partial charge in [0.1, 0.15) is 6.42 Å². The maximum atomic E-state index is 14.3. The first kappa shape index (κ1) is 14.8. The van der Waals surface area contributed by atoms with Gasteiger partial charge in [-0.25, -0.2) is 0 Å². The predicted octanol–water partition coefficient (Wildman–Crippen LogP) is 2.99. The number of hydrogen-bond donors (Lipinski definition) is 0. The molecule has 0 spiro atoms. The van der Waals surface area contributed by atoms with Crippen LogP contribution < -0.4 is 0 Å². The molecule has 0 amide bonds. The molecule has 0 aromatic carbocycles. The predicted molar refractivity (Wildman–Crippen MR) is 72.8 cm³/mol. The average molecular weight is 298 g/mol. The highest BCUT2D eigenvalue weighted by molar-refractivity contribution is 5.78. The quantitative estimate of drug-likeness (QED) is 0.749. The van der Waals surface area contributed by atoms with Gasteiger partial charge in [0.05, 0.1) is 12.5 Å². The van der Waals surface area contributed by atoms with Gasteiger partial charge in [-0.2, -0.15) is 4.39 Å². The number of methoxy groups -OCH3 is 1. The standard InChI is InChI=1S/C16H23FO4/c1-15(17,9-13(18)20-2)21-14(19)16-6-10-3-11(7-16)5-12(4-10)8-16/h10-12H,3-9H2,1-2H3. The van der Waals surface area contributed by atoms with Gasteiger partial charge in [0.2, 0.25) is 0 Å². The molecule has 5 heteroatoms. The van der Waals surface area contributed by atoms with Crippen molar-refractivity contribution in [2.75, 3.05) is 7.11 Å². The average Bonchev–Trinajstić information content (AvgIpc) is 2.35. The number of halogens is 1. The molecule has 1 atom stereocenters. The first-order valence-electron chi connectivity index (χ1n) is 7.81. The Bertz CT molecular complexity index is 422. The second kappa shape index (κ2) is 4.96. The first-order chi connectivity index (χ1) is 9.82. The Hall–Kier alpha value is -1.13. The van der Waals surface area contributed by atoms with Gasteiger partial charge in [-0.1, -0.05) is 0 Å². The third-order valence-electron chi connectivity index (χ3n) is 5.46. The number of ether oxygens (including phenoxy) is 2. The van der Waals surface area contributed by atoms with Crippen LogP contribution in [0.4, 0.5) is 4.39 Å². The lowest BCUT2D eigenvalue weighted by Crippen LogP contribution is -2.52. The van der Waals surface area contributed by atoms with Crippen LogP contribution in [0.3, 0.4) is 0 Å². The third-order valence-corrected chi connectivity index (χ3v) is 5.46. The molecule has 0 aliphatic heterocycles. The summed E-state index contributed by atoms with van der Waals surface area (Å²) in [5.74, 6) is -1.66. The van der Waals surface area contributed by atoms with E-state index in [2.05, 4.69) is 4.74 Å². The molecule has 0 aromatic rings. The molecule has 4 aliphatic rings. The lowest BCUT2D eigenvalue weighted by atomic mass is 9.49. The van der Waals surface area contributed by atoms with Crippen LogP contribution >= 0.6 is 0 Å². The summed E-state index contributed by atoms with van der Waals surface area (Å²) < 4.78 is 23.9. The second-order valence-corrected chi connectivity index (χ2v) is 7.44. The van der Waals surface area contributed by atoms with Gasteiger partial charge in [0.25, 0.3) is 5.85 Å². The molecule has 4 fully saturated rings. The fourth-order valence-corrected chi connectivity index (χ4v) is 5.03. The summed E-state index contributed by atoms with van der Waals surface area (Å²) in [6.07, 6.45) is 5.55. The number of rotatable bonds is 4. The summed E-state index contributed by atoms with van der Waals surface area (Å²) in [4.78, 5) is 23.8. The Morgan fingerprint density at radius 3 is 2.05 bits per heavy atom. The second-order valence-electron chi connectivity index (χ2n) is 7.44. The van der Waals surface area contributed by atoms with Gasteiger partial charge in [-0.3, -0.25) is 9.59 Å². The van der Waals surface area contributed by atoms with Crippen LogP contribution in [0.15, 0.2) is 0 Å². The summed E-state index contributed by atoms with van der Waals surface area (Å²) in [5.41, 5.74) is -0.502. The molecule has 1 unspecified atom stereocenters. The van der Waals surface area contributed by atoms with Crippen LogP contribution in [0.5, 0.6) is 0 Å². The molecular weight excluding hydrogens is 275 g/mol. The fraction of sp³-hybridized carbons (Fsp3) is 0.875. The van der Waals surface area contributed by atoms with Crippen molar-refractivity contribution in [3.63, 3.8) is 0 Å². The molecule has 0 aromatic heterocycles. The Kier molecular flexibility index (Phi) is 3.49.